The fourth-order valence-corrected chi connectivity index (χ4v) is 4.99. The van der Waals surface area contributed by atoms with Crippen LogP contribution in [0.4, 0.5) is 0 Å². The molecule has 140 valence electrons. The number of nitrogens with one attached hydrogen (secondary N) is 1. The van der Waals surface area contributed by atoms with E-state index in [0.29, 0.717) is 0 Å². The Labute approximate surface area is 169 Å². The van der Waals surface area contributed by atoms with Crippen molar-refractivity contribution in [3.63, 3.8) is 0 Å². The summed E-state index contributed by atoms with van der Waals surface area (Å²) in [5, 5.41) is 2.04. The number of benzene rings is 2. The van der Waals surface area contributed by atoms with Crippen LogP contribution in [0.5, 0.6) is 0 Å². The maximum Gasteiger partial charge on any atom is 0.0987 e. The molecule has 0 amide bonds. The molecule has 0 saturated carbocycles. The van der Waals surface area contributed by atoms with Gasteiger partial charge in [0.1, 0.15) is 0 Å². The number of aryl methyl sites for hydroxylation is 1. The average molecular weight is 398 g/mol. The van der Waals surface area contributed by atoms with E-state index in [0.717, 1.165) is 47.1 Å². The van der Waals surface area contributed by atoms with Crippen molar-refractivity contribution in [2.24, 2.45) is 4.99 Å². The Morgan fingerprint density at radius 3 is 2.85 bits per heavy atom. The summed E-state index contributed by atoms with van der Waals surface area (Å²) in [5.74, 6) is 2.21. The number of likely N-dealkylation sites (tertiary alicyclic amines) is 1. The topological polar surface area (TPSA) is 31.4 Å². The molecule has 0 atom stereocenters. The Kier molecular flexibility index (Phi) is 5.46. The first kappa shape index (κ1) is 18.5. The molecule has 27 heavy (non-hydrogen) atoms. The van der Waals surface area contributed by atoms with Crippen molar-refractivity contribution in [3.05, 3.63) is 53.1 Å². The summed E-state index contributed by atoms with van der Waals surface area (Å²) < 4.78 is 0. The first-order valence-corrected chi connectivity index (χ1v) is 10.7. The highest BCUT2D eigenvalue weighted by Gasteiger charge is 2.15. The van der Waals surface area contributed by atoms with Gasteiger partial charge in [-0.2, -0.15) is 0 Å². The second kappa shape index (κ2) is 7.99. The summed E-state index contributed by atoms with van der Waals surface area (Å²) in [6.45, 7) is 4.06. The quantitative estimate of drug-likeness (QED) is 0.422. The number of rotatable bonds is 5. The van der Waals surface area contributed by atoms with Gasteiger partial charge in [-0.3, -0.25) is 4.99 Å². The third-order valence-electron chi connectivity index (χ3n) is 4.96. The zero-order chi connectivity index (χ0) is 18.8. The third-order valence-corrected chi connectivity index (χ3v) is 6.27. The number of thioether (sulfide) groups is 1. The van der Waals surface area contributed by atoms with Crippen molar-refractivity contribution in [2.45, 2.75) is 24.7 Å². The number of aromatic amines is 1. The molecule has 0 spiro atoms. The summed E-state index contributed by atoms with van der Waals surface area (Å²) in [5.41, 5.74) is 4.62. The monoisotopic (exact) mass is 397 g/mol. The summed E-state index contributed by atoms with van der Waals surface area (Å²) >= 11 is 8.20. The largest absolute Gasteiger partial charge is 0.363 e. The minimum absolute atomic E-state index is 0.773. The minimum atomic E-state index is 0.773. The number of halogens is 1. The lowest BCUT2D eigenvalue weighted by molar-refractivity contribution is 0.548. The van der Waals surface area contributed by atoms with E-state index < -0.39 is 0 Å². The second-order valence-corrected chi connectivity index (χ2v) is 8.61. The summed E-state index contributed by atoms with van der Waals surface area (Å²) in [7, 11) is 2.14. The number of hydrogen-bond acceptors (Lipinski definition) is 2. The molecule has 0 radical (unpaired) electrons. The Morgan fingerprint density at radius 1 is 1.22 bits per heavy atom. The van der Waals surface area contributed by atoms with E-state index >= 15 is 0 Å². The smallest absolute Gasteiger partial charge is 0.0987 e. The fourth-order valence-electron chi connectivity index (χ4n) is 3.67. The minimum Gasteiger partial charge on any atom is -0.363 e. The zero-order valence-corrected chi connectivity index (χ0v) is 17.3. The summed E-state index contributed by atoms with van der Waals surface area (Å²) in [6, 6.07) is 14.7. The number of hydrogen-bond donors (Lipinski definition) is 1. The van der Waals surface area contributed by atoms with Crippen LogP contribution in [0.3, 0.4) is 0 Å². The Hall–Kier alpha value is -1.91. The molecule has 1 saturated heterocycles. The number of nitrogens with zero attached hydrogens (tertiary/aromatic N) is 2. The van der Waals surface area contributed by atoms with Crippen LogP contribution in [0.25, 0.3) is 22.2 Å². The van der Waals surface area contributed by atoms with E-state index in [-0.39, 0.29) is 0 Å². The van der Waals surface area contributed by atoms with E-state index in [1.165, 1.54) is 28.1 Å². The standard InChI is InChI=1S/C22H24ClN3S/c1-15-12-16(14-17(23)13-15)21-22(18-6-3-4-7-19(18)25-21)27-11-9-24-20-8-5-10-26(20)2/h3-4,6-7,12-14,25H,5,8-11H2,1-2H3. The number of para-hydroxylation sites is 1. The van der Waals surface area contributed by atoms with Gasteiger partial charge < -0.3 is 9.88 Å². The van der Waals surface area contributed by atoms with E-state index in [4.69, 9.17) is 16.6 Å². The Balaban J connectivity index is 1.62. The first-order chi connectivity index (χ1) is 13.1. The van der Waals surface area contributed by atoms with Crippen LogP contribution >= 0.6 is 23.4 Å². The normalized spacial score (nSPS) is 16.0. The van der Waals surface area contributed by atoms with E-state index in [9.17, 15) is 0 Å². The van der Waals surface area contributed by atoms with Crippen LogP contribution in [0, 0.1) is 6.92 Å². The predicted octanol–water partition coefficient (Wildman–Crippen LogP) is 6.01. The molecule has 0 bridgehead atoms. The van der Waals surface area contributed by atoms with Gasteiger partial charge in [-0.1, -0.05) is 29.8 Å². The molecule has 4 rings (SSSR count). The molecule has 1 aliphatic heterocycles. The maximum absolute atomic E-state index is 6.32. The zero-order valence-electron chi connectivity index (χ0n) is 15.8. The van der Waals surface area contributed by atoms with E-state index in [1.54, 1.807) is 0 Å². The highest BCUT2D eigenvalue weighted by molar-refractivity contribution is 7.99. The molecule has 2 aromatic carbocycles. The summed E-state index contributed by atoms with van der Waals surface area (Å²) in [6.07, 6.45) is 2.34. The summed E-state index contributed by atoms with van der Waals surface area (Å²) in [4.78, 5) is 12.0. The molecule has 1 fully saturated rings. The Bertz CT molecular complexity index is 972. The van der Waals surface area contributed by atoms with Crippen LogP contribution in [0.2, 0.25) is 5.02 Å². The van der Waals surface area contributed by atoms with Gasteiger partial charge in [-0.15, -0.1) is 11.8 Å². The van der Waals surface area contributed by atoms with Crippen molar-refractivity contribution in [2.75, 3.05) is 25.9 Å². The van der Waals surface area contributed by atoms with Crippen molar-refractivity contribution in [3.8, 4) is 11.3 Å². The van der Waals surface area contributed by atoms with Gasteiger partial charge in [0.15, 0.2) is 0 Å². The lowest BCUT2D eigenvalue weighted by Crippen LogP contribution is -2.19. The lowest BCUT2D eigenvalue weighted by Gasteiger charge is -2.11. The number of aromatic nitrogens is 1. The fraction of sp³-hybridized carbons (Fsp3) is 0.318. The van der Waals surface area contributed by atoms with Gasteiger partial charge in [0.25, 0.3) is 0 Å². The Morgan fingerprint density at radius 2 is 2.07 bits per heavy atom. The molecule has 5 heteroatoms. The van der Waals surface area contributed by atoms with Crippen LogP contribution < -0.4 is 0 Å². The van der Waals surface area contributed by atoms with Crippen molar-refractivity contribution in [1.82, 2.24) is 9.88 Å². The third kappa shape index (κ3) is 4.02. The van der Waals surface area contributed by atoms with Gasteiger partial charge in [0.05, 0.1) is 18.1 Å². The highest BCUT2D eigenvalue weighted by Crippen LogP contribution is 2.38. The molecule has 1 N–H and O–H groups in total. The van der Waals surface area contributed by atoms with Gasteiger partial charge in [0.2, 0.25) is 0 Å². The lowest BCUT2D eigenvalue weighted by atomic mass is 10.1. The molecule has 3 aromatic rings. The van der Waals surface area contributed by atoms with E-state index in [1.807, 2.05) is 23.9 Å². The highest BCUT2D eigenvalue weighted by atomic mass is 35.5. The molecule has 3 nitrogen and oxygen atoms in total. The second-order valence-electron chi connectivity index (χ2n) is 7.06. The van der Waals surface area contributed by atoms with E-state index in [2.05, 4.69) is 54.2 Å². The van der Waals surface area contributed by atoms with Crippen molar-refractivity contribution >= 4 is 40.1 Å². The number of H-pyrrole nitrogens is 1. The van der Waals surface area contributed by atoms with Crippen molar-refractivity contribution in [1.29, 1.82) is 0 Å². The van der Waals surface area contributed by atoms with Crippen LogP contribution in [-0.2, 0) is 0 Å². The van der Waals surface area contributed by atoms with Gasteiger partial charge in [-0.25, -0.2) is 0 Å². The number of amidine groups is 1. The van der Waals surface area contributed by atoms with Crippen molar-refractivity contribution < 1.29 is 0 Å². The molecule has 1 aromatic heterocycles. The number of aliphatic imine (C=N–C) groups is 1. The SMILES string of the molecule is Cc1cc(Cl)cc(-c2[nH]c3ccccc3c2SCCN=C2CCCN2C)c1. The predicted molar refractivity (Wildman–Crippen MR) is 118 cm³/mol. The van der Waals surface area contributed by atoms with Crippen LogP contribution in [-0.4, -0.2) is 41.6 Å². The maximum atomic E-state index is 6.32. The van der Waals surface area contributed by atoms with Crippen LogP contribution in [0.1, 0.15) is 18.4 Å². The molecule has 0 aliphatic carbocycles. The van der Waals surface area contributed by atoms with Crippen LogP contribution in [0.15, 0.2) is 52.4 Å². The number of fused-ring (bicyclic) bond motifs is 1. The van der Waals surface area contributed by atoms with Gasteiger partial charge in [-0.05, 0) is 43.2 Å². The van der Waals surface area contributed by atoms with Gasteiger partial charge in [0, 0.05) is 52.2 Å². The average Bonchev–Trinajstić information content (AvgIpc) is 3.21. The molecule has 1 aliphatic rings. The molecular formula is C22H24ClN3S. The molecule has 2 heterocycles. The molecular weight excluding hydrogens is 374 g/mol. The molecule has 0 unspecified atom stereocenters. The van der Waals surface area contributed by atoms with Gasteiger partial charge >= 0.3 is 0 Å². The first-order valence-electron chi connectivity index (χ1n) is 9.37.